The lowest BCUT2D eigenvalue weighted by Crippen LogP contribution is -2.06. The SMILES string of the molecule is CC(I)c1c(S)c2ccc3c4c(c5cccc1c5n23)[C@]1(C)CC1S4. The summed E-state index contributed by atoms with van der Waals surface area (Å²) in [6, 6.07) is 11.4. The molecule has 0 amide bonds. The minimum absolute atomic E-state index is 0.381. The fraction of sp³-hybridized carbons (Fsp3) is 0.300. The fourth-order valence-electron chi connectivity index (χ4n) is 4.75. The van der Waals surface area contributed by atoms with Crippen LogP contribution >= 0.6 is 47.0 Å². The summed E-state index contributed by atoms with van der Waals surface area (Å²) in [5, 5.41) is 3.60. The normalized spacial score (nSPS) is 26.4. The lowest BCUT2D eigenvalue weighted by molar-refractivity contribution is 0.795. The molecule has 1 fully saturated rings. The molecule has 4 aromatic rings. The molecule has 2 aliphatic rings. The summed E-state index contributed by atoms with van der Waals surface area (Å²) < 4.78 is 2.90. The van der Waals surface area contributed by atoms with E-state index in [1.54, 1.807) is 5.56 Å². The molecule has 0 radical (unpaired) electrons. The molecule has 1 aliphatic carbocycles. The second-order valence-corrected chi connectivity index (χ2v) is 11.0. The van der Waals surface area contributed by atoms with Crippen molar-refractivity contribution in [3.8, 4) is 0 Å². The van der Waals surface area contributed by atoms with Gasteiger partial charge in [-0.05, 0) is 36.6 Å². The Morgan fingerprint density at radius 3 is 2.79 bits per heavy atom. The fourth-order valence-corrected chi connectivity index (χ4v) is 7.97. The number of para-hydroxylation sites is 1. The van der Waals surface area contributed by atoms with Crippen molar-refractivity contribution in [1.82, 2.24) is 4.40 Å². The van der Waals surface area contributed by atoms with Crippen LogP contribution in [0.2, 0.25) is 0 Å². The van der Waals surface area contributed by atoms with Crippen LogP contribution in [0.3, 0.4) is 0 Å². The Balaban J connectivity index is 1.96. The molecule has 3 aromatic heterocycles. The van der Waals surface area contributed by atoms with Gasteiger partial charge in [0.1, 0.15) is 0 Å². The van der Waals surface area contributed by atoms with E-state index in [9.17, 15) is 0 Å². The Hall–Kier alpha value is -0.590. The Labute approximate surface area is 164 Å². The van der Waals surface area contributed by atoms with Gasteiger partial charge < -0.3 is 4.40 Å². The van der Waals surface area contributed by atoms with Gasteiger partial charge in [-0.15, -0.1) is 24.4 Å². The number of fused-ring (bicyclic) bond motifs is 5. The molecule has 1 aliphatic heterocycles. The van der Waals surface area contributed by atoms with E-state index in [4.69, 9.17) is 12.6 Å². The molecule has 4 heteroatoms. The first-order valence-corrected chi connectivity index (χ1v) is 10.9. The van der Waals surface area contributed by atoms with Gasteiger partial charge in [-0.2, -0.15) is 0 Å². The molecule has 0 spiro atoms. The zero-order chi connectivity index (χ0) is 16.4. The standard InChI is InChI=1S/C20H16INS2/c1-9(21)15-10-4-3-5-11-16-19(24-14-8-20(14,16)2)13-7-6-12(18(15)23)22(13)17(10)11/h3-7,9,14,23H,8H2,1-2H3/t9?,14?,20-/m1/s1. The van der Waals surface area contributed by atoms with Crippen LogP contribution < -0.4 is 0 Å². The van der Waals surface area contributed by atoms with Crippen molar-refractivity contribution in [2.45, 2.75) is 44.6 Å². The third-order valence-electron chi connectivity index (χ3n) is 6.05. The van der Waals surface area contributed by atoms with E-state index in [1.807, 2.05) is 0 Å². The van der Waals surface area contributed by atoms with Gasteiger partial charge in [-0.1, -0.05) is 47.7 Å². The molecular weight excluding hydrogens is 445 g/mol. The highest BCUT2D eigenvalue weighted by molar-refractivity contribution is 14.1. The smallest absolute Gasteiger partial charge is 0.0614 e. The number of alkyl halides is 1. The first-order valence-electron chi connectivity index (χ1n) is 8.37. The van der Waals surface area contributed by atoms with E-state index >= 15 is 0 Å². The number of hydrogen-bond acceptors (Lipinski definition) is 2. The molecule has 2 unspecified atom stereocenters. The molecule has 0 N–H and O–H groups in total. The first-order chi connectivity index (χ1) is 11.5. The van der Waals surface area contributed by atoms with E-state index in [1.165, 1.54) is 44.2 Å². The van der Waals surface area contributed by atoms with Crippen LogP contribution in [-0.2, 0) is 5.41 Å². The molecule has 1 aromatic carbocycles. The lowest BCUT2D eigenvalue weighted by Gasteiger charge is -2.22. The van der Waals surface area contributed by atoms with Crippen LogP contribution in [-0.4, -0.2) is 9.65 Å². The minimum Gasteiger partial charge on any atom is -0.307 e. The first kappa shape index (κ1) is 14.6. The zero-order valence-electron chi connectivity index (χ0n) is 13.4. The summed E-state index contributed by atoms with van der Waals surface area (Å²) >= 11 is 9.56. The third-order valence-corrected chi connectivity index (χ3v) is 8.76. The third kappa shape index (κ3) is 1.49. The summed E-state index contributed by atoms with van der Waals surface area (Å²) in [4.78, 5) is 2.65. The number of pyridine rings is 2. The van der Waals surface area contributed by atoms with Gasteiger partial charge >= 0.3 is 0 Å². The molecule has 3 atom stereocenters. The largest absolute Gasteiger partial charge is 0.307 e. The highest BCUT2D eigenvalue weighted by Gasteiger charge is 2.59. The maximum atomic E-state index is 4.94. The molecule has 1 saturated carbocycles. The predicted octanol–water partition coefficient (Wildman–Crippen LogP) is 6.60. The van der Waals surface area contributed by atoms with Gasteiger partial charge in [0.2, 0.25) is 0 Å². The number of aromatic nitrogens is 1. The van der Waals surface area contributed by atoms with E-state index in [-0.39, 0.29) is 0 Å². The number of benzene rings is 1. The maximum absolute atomic E-state index is 4.94. The summed E-state index contributed by atoms with van der Waals surface area (Å²) in [5.41, 5.74) is 7.40. The Bertz CT molecular complexity index is 1180. The molecule has 120 valence electrons. The lowest BCUT2D eigenvalue weighted by atomic mass is 9.92. The average Bonchev–Trinajstić information content (AvgIpc) is 2.93. The molecular formula is C20H16INS2. The van der Waals surface area contributed by atoms with Gasteiger partial charge in [-0.25, -0.2) is 0 Å². The summed E-state index contributed by atoms with van der Waals surface area (Å²) in [5.74, 6) is 0. The Morgan fingerprint density at radius 2 is 2.00 bits per heavy atom. The molecule has 0 bridgehead atoms. The maximum Gasteiger partial charge on any atom is 0.0614 e. The van der Waals surface area contributed by atoms with Crippen molar-refractivity contribution < 1.29 is 0 Å². The summed E-state index contributed by atoms with van der Waals surface area (Å²) in [7, 11) is 0. The molecule has 6 rings (SSSR count). The van der Waals surface area contributed by atoms with Gasteiger partial charge in [0, 0.05) is 35.2 Å². The van der Waals surface area contributed by atoms with E-state index < -0.39 is 0 Å². The second kappa shape index (κ2) is 4.38. The Morgan fingerprint density at radius 1 is 1.25 bits per heavy atom. The molecule has 4 heterocycles. The van der Waals surface area contributed by atoms with Crippen LogP contribution in [0.1, 0.15) is 35.3 Å². The van der Waals surface area contributed by atoms with Crippen molar-refractivity contribution >= 4 is 74.3 Å². The van der Waals surface area contributed by atoms with Crippen LogP contribution in [0.5, 0.6) is 0 Å². The van der Waals surface area contributed by atoms with Gasteiger partial charge in [0.15, 0.2) is 0 Å². The Kier molecular flexibility index (Phi) is 2.66. The van der Waals surface area contributed by atoms with Crippen molar-refractivity contribution in [3.05, 3.63) is 41.5 Å². The summed E-state index contributed by atoms with van der Waals surface area (Å²) in [6.07, 6.45) is 1.33. The predicted molar refractivity (Wildman–Crippen MR) is 115 cm³/mol. The van der Waals surface area contributed by atoms with Crippen LogP contribution in [0.25, 0.3) is 27.3 Å². The van der Waals surface area contributed by atoms with Crippen LogP contribution in [0, 0.1) is 0 Å². The number of thioether (sulfide) groups is 1. The molecule has 0 saturated heterocycles. The van der Waals surface area contributed by atoms with Crippen molar-refractivity contribution in [2.75, 3.05) is 0 Å². The van der Waals surface area contributed by atoms with Crippen molar-refractivity contribution in [3.63, 3.8) is 0 Å². The highest BCUT2D eigenvalue weighted by atomic mass is 127. The molecule has 24 heavy (non-hydrogen) atoms. The number of halogens is 1. The van der Waals surface area contributed by atoms with E-state index in [0.717, 1.165) is 10.1 Å². The van der Waals surface area contributed by atoms with E-state index in [2.05, 4.69) is 82.9 Å². The number of hydrogen-bond donors (Lipinski definition) is 1. The quantitative estimate of drug-likeness (QED) is 0.190. The van der Waals surface area contributed by atoms with Crippen LogP contribution in [0.4, 0.5) is 0 Å². The van der Waals surface area contributed by atoms with Crippen LogP contribution in [0.15, 0.2) is 40.1 Å². The van der Waals surface area contributed by atoms with Crippen molar-refractivity contribution in [2.24, 2.45) is 0 Å². The van der Waals surface area contributed by atoms with Gasteiger partial charge in [0.05, 0.1) is 16.6 Å². The minimum atomic E-state index is 0.381. The number of nitrogens with zero attached hydrogens (tertiary/aromatic N) is 1. The summed E-state index contributed by atoms with van der Waals surface area (Å²) in [6.45, 7) is 4.72. The van der Waals surface area contributed by atoms with E-state index in [0.29, 0.717) is 9.34 Å². The van der Waals surface area contributed by atoms with Crippen molar-refractivity contribution in [1.29, 1.82) is 0 Å². The number of thiol groups is 1. The number of rotatable bonds is 1. The zero-order valence-corrected chi connectivity index (χ0v) is 17.3. The highest BCUT2D eigenvalue weighted by Crippen LogP contribution is 2.67. The van der Waals surface area contributed by atoms with Gasteiger partial charge in [0.25, 0.3) is 0 Å². The monoisotopic (exact) mass is 461 g/mol. The average molecular weight is 461 g/mol. The topological polar surface area (TPSA) is 4.41 Å². The van der Waals surface area contributed by atoms with Gasteiger partial charge in [-0.3, -0.25) is 0 Å². The second-order valence-electron chi connectivity index (χ2n) is 7.45. The molecule has 1 nitrogen and oxygen atoms in total.